The highest BCUT2D eigenvalue weighted by Crippen LogP contribution is 2.42. The smallest absolute Gasteiger partial charge is 0.229 e. The monoisotopic (exact) mass is 826 g/mol. The Labute approximate surface area is 372 Å². The number of aromatic nitrogens is 4. The van der Waals surface area contributed by atoms with Crippen LogP contribution in [-0.4, -0.2) is 24.6 Å². The molecule has 0 bridgehead atoms. The molecule has 308 valence electrons. The van der Waals surface area contributed by atoms with E-state index in [2.05, 4.69) is 181 Å². The third-order valence-electron chi connectivity index (χ3n) is 12.7. The molecular weight excluding hydrogens is 781 g/mol. The highest BCUT2D eigenvalue weighted by atomic mass is 16.1. The van der Waals surface area contributed by atoms with Crippen molar-refractivity contribution < 1.29 is 4.79 Å². The SMILES string of the molecule is CC(=O)n1c(-c2cc(-c3ccc4c(c3)c3ccccc3n4C3=CCCC=C3)cc(-c3ccc4c(c3)c3ccccc3n4-c3ccccc3)c2C)nc2ccccc21.Cc1ccccc1. The van der Waals surface area contributed by atoms with Gasteiger partial charge in [-0.05, 0) is 133 Å². The summed E-state index contributed by atoms with van der Waals surface area (Å²) >= 11 is 0. The van der Waals surface area contributed by atoms with Crippen molar-refractivity contribution in [3.8, 4) is 39.3 Å². The van der Waals surface area contributed by atoms with Crippen LogP contribution >= 0.6 is 0 Å². The van der Waals surface area contributed by atoms with Gasteiger partial charge >= 0.3 is 0 Å². The lowest BCUT2D eigenvalue weighted by atomic mass is 9.90. The molecule has 5 nitrogen and oxygen atoms in total. The van der Waals surface area contributed by atoms with E-state index in [-0.39, 0.29) is 5.91 Å². The van der Waals surface area contributed by atoms with E-state index in [1.54, 1.807) is 11.5 Å². The second-order valence-corrected chi connectivity index (χ2v) is 16.7. The number of rotatable bonds is 5. The van der Waals surface area contributed by atoms with Gasteiger partial charge in [0.15, 0.2) is 0 Å². The van der Waals surface area contributed by atoms with E-state index >= 15 is 0 Å². The number of fused-ring (bicyclic) bond motifs is 7. The minimum absolute atomic E-state index is 0.0690. The Morgan fingerprint density at radius 3 is 1.72 bits per heavy atom. The molecule has 11 aromatic rings. The van der Waals surface area contributed by atoms with Crippen LogP contribution in [-0.2, 0) is 0 Å². The number of aryl methyl sites for hydroxylation is 1. The maximum atomic E-state index is 13.4. The zero-order valence-electron chi connectivity index (χ0n) is 36.2. The van der Waals surface area contributed by atoms with Crippen molar-refractivity contribution in [1.82, 2.24) is 18.7 Å². The minimum atomic E-state index is -0.0690. The maximum Gasteiger partial charge on any atom is 0.229 e. The summed E-state index contributed by atoms with van der Waals surface area (Å²) in [5, 5.41) is 4.82. The number of hydrogen-bond acceptors (Lipinski definition) is 2. The molecular formula is C59H46N4O. The van der Waals surface area contributed by atoms with Crippen molar-refractivity contribution in [3.05, 3.63) is 211 Å². The Bertz CT molecular complexity index is 3660. The van der Waals surface area contributed by atoms with E-state index < -0.39 is 0 Å². The van der Waals surface area contributed by atoms with Crippen LogP contribution in [0.4, 0.5) is 0 Å². The Balaban J connectivity index is 0.000000598. The molecule has 0 amide bonds. The van der Waals surface area contributed by atoms with Gasteiger partial charge in [0.05, 0.1) is 33.1 Å². The van der Waals surface area contributed by atoms with Gasteiger partial charge in [-0.25, -0.2) is 4.98 Å². The number of carbonyl (C=O) groups excluding carboxylic acids is 1. The molecule has 0 spiro atoms. The average Bonchev–Trinajstić information content (AvgIpc) is 4.00. The van der Waals surface area contributed by atoms with E-state index in [4.69, 9.17) is 4.98 Å². The van der Waals surface area contributed by atoms with Gasteiger partial charge in [-0.15, -0.1) is 0 Å². The number of benzene rings is 8. The fraction of sp³-hybridized carbons (Fsp3) is 0.0847. The molecule has 3 heterocycles. The number of para-hydroxylation sites is 5. The zero-order valence-corrected chi connectivity index (χ0v) is 36.2. The molecule has 0 N–H and O–H groups in total. The van der Waals surface area contributed by atoms with E-state index in [1.165, 1.54) is 49.4 Å². The first-order valence-electron chi connectivity index (χ1n) is 22.1. The predicted molar refractivity (Wildman–Crippen MR) is 268 cm³/mol. The van der Waals surface area contributed by atoms with Gasteiger partial charge in [0.25, 0.3) is 0 Å². The normalized spacial score (nSPS) is 12.6. The highest BCUT2D eigenvalue weighted by Gasteiger charge is 2.22. The predicted octanol–water partition coefficient (Wildman–Crippen LogP) is 15.4. The van der Waals surface area contributed by atoms with Crippen LogP contribution in [0.1, 0.15) is 35.7 Å². The molecule has 0 unspecified atom stereocenters. The number of carbonyl (C=O) groups is 1. The first kappa shape index (κ1) is 38.9. The van der Waals surface area contributed by atoms with Gasteiger partial charge in [-0.1, -0.05) is 127 Å². The van der Waals surface area contributed by atoms with Crippen LogP contribution in [0.25, 0.3) is 99.7 Å². The Kier molecular flexibility index (Phi) is 9.73. The number of hydrogen-bond donors (Lipinski definition) is 0. The minimum Gasteiger partial charge on any atom is -0.310 e. The van der Waals surface area contributed by atoms with Crippen LogP contribution in [0.3, 0.4) is 0 Å². The Hall–Kier alpha value is -8.02. The van der Waals surface area contributed by atoms with Gasteiger partial charge in [0.2, 0.25) is 5.91 Å². The third kappa shape index (κ3) is 6.65. The van der Waals surface area contributed by atoms with Crippen molar-refractivity contribution in [3.63, 3.8) is 0 Å². The Morgan fingerprint density at radius 1 is 0.500 bits per heavy atom. The van der Waals surface area contributed by atoms with E-state index in [0.29, 0.717) is 5.82 Å². The molecule has 1 aliphatic carbocycles. The average molecular weight is 827 g/mol. The summed E-state index contributed by atoms with van der Waals surface area (Å²) in [6.07, 6.45) is 8.97. The third-order valence-corrected chi connectivity index (χ3v) is 12.7. The molecule has 0 atom stereocenters. The molecule has 3 aromatic heterocycles. The summed E-state index contributed by atoms with van der Waals surface area (Å²) in [6.45, 7) is 5.87. The molecule has 64 heavy (non-hydrogen) atoms. The second-order valence-electron chi connectivity index (χ2n) is 16.7. The van der Waals surface area contributed by atoms with Gasteiger partial charge in [-0.2, -0.15) is 0 Å². The molecule has 0 aliphatic heterocycles. The fourth-order valence-corrected chi connectivity index (χ4v) is 9.66. The lowest BCUT2D eigenvalue weighted by molar-refractivity contribution is 0.0943. The standard InChI is InChI=1S/C52H38N4O.C7H8/c1-33-42(36-26-28-50-45(30-36)41-20-10-13-23-48(41)56(50)39-17-7-4-8-18-39)31-37(32-43(33)52-53-46-21-11-14-24-51(46)54(52)34(2)57)35-25-27-49-44(29-35)40-19-9-12-22-47(40)55(49)38-15-5-3-6-16-38;1-7-5-3-2-4-6-7/h4-5,7-32H,3,6H2,1-2H3;2-6H,1H3. The van der Waals surface area contributed by atoms with Crippen LogP contribution in [0, 0.1) is 13.8 Å². The summed E-state index contributed by atoms with van der Waals surface area (Å²) in [6, 6.07) is 64.3. The summed E-state index contributed by atoms with van der Waals surface area (Å²) in [7, 11) is 0. The van der Waals surface area contributed by atoms with Crippen molar-refractivity contribution in [1.29, 1.82) is 0 Å². The molecule has 0 fully saturated rings. The van der Waals surface area contributed by atoms with Crippen molar-refractivity contribution >= 4 is 66.2 Å². The van der Waals surface area contributed by atoms with Crippen LogP contribution in [0.5, 0.6) is 0 Å². The molecule has 5 heteroatoms. The first-order chi connectivity index (χ1) is 31.4. The summed E-state index contributed by atoms with van der Waals surface area (Å²) < 4.78 is 6.51. The highest BCUT2D eigenvalue weighted by molar-refractivity contribution is 6.13. The van der Waals surface area contributed by atoms with Gasteiger partial charge in [-0.3, -0.25) is 9.36 Å². The lowest BCUT2D eigenvalue weighted by Gasteiger charge is -2.17. The van der Waals surface area contributed by atoms with Gasteiger partial charge in [0, 0.05) is 45.4 Å². The Morgan fingerprint density at radius 2 is 1.06 bits per heavy atom. The quantitative estimate of drug-likeness (QED) is 0.173. The van der Waals surface area contributed by atoms with Crippen molar-refractivity contribution in [2.75, 3.05) is 0 Å². The van der Waals surface area contributed by atoms with E-state index in [0.717, 1.165) is 68.5 Å². The van der Waals surface area contributed by atoms with Crippen molar-refractivity contribution in [2.24, 2.45) is 0 Å². The molecule has 8 aromatic carbocycles. The summed E-state index contributed by atoms with van der Waals surface area (Å²) in [5.41, 5.74) is 16.4. The lowest BCUT2D eigenvalue weighted by Crippen LogP contribution is -2.08. The zero-order chi connectivity index (χ0) is 43.3. The molecule has 0 saturated heterocycles. The van der Waals surface area contributed by atoms with Crippen LogP contribution in [0.2, 0.25) is 0 Å². The van der Waals surface area contributed by atoms with Gasteiger partial charge < -0.3 is 9.13 Å². The number of nitrogens with zero attached hydrogens (tertiary/aromatic N) is 4. The molecule has 1 aliphatic rings. The first-order valence-corrected chi connectivity index (χ1v) is 22.1. The number of imidazole rings is 1. The maximum absolute atomic E-state index is 13.4. The summed E-state index contributed by atoms with van der Waals surface area (Å²) in [5.74, 6) is 0.584. The fourth-order valence-electron chi connectivity index (χ4n) is 9.66. The van der Waals surface area contributed by atoms with Gasteiger partial charge in [0.1, 0.15) is 5.82 Å². The number of allylic oxidation sites excluding steroid dienone is 4. The topological polar surface area (TPSA) is 44.8 Å². The van der Waals surface area contributed by atoms with E-state index in [1.807, 2.05) is 42.5 Å². The van der Waals surface area contributed by atoms with Crippen LogP contribution < -0.4 is 0 Å². The summed E-state index contributed by atoms with van der Waals surface area (Å²) in [4.78, 5) is 18.6. The molecule has 0 radical (unpaired) electrons. The molecule has 0 saturated carbocycles. The largest absolute Gasteiger partial charge is 0.310 e. The van der Waals surface area contributed by atoms with E-state index in [9.17, 15) is 4.79 Å². The van der Waals surface area contributed by atoms with Crippen molar-refractivity contribution in [2.45, 2.75) is 33.6 Å². The second kappa shape index (κ2) is 16.0. The molecule has 12 rings (SSSR count). The van der Waals surface area contributed by atoms with Crippen LogP contribution in [0.15, 0.2) is 200 Å².